The molecule has 121 valence electrons. The summed E-state index contributed by atoms with van der Waals surface area (Å²) in [5, 5.41) is 3.36. The number of nitrogens with one attached hydrogen (secondary N) is 1. The monoisotopic (exact) mass is 315 g/mol. The van der Waals surface area contributed by atoms with Crippen LogP contribution in [-0.2, 0) is 0 Å². The van der Waals surface area contributed by atoms with E-state index in [4.69, 9.17) is 5.73 Å². The summed E-state index contributed by atoms with van der Waals surface area (Å²) in [6, 6.07) is 24.6. The Morgan fingerprint density at radius 3 is 1.12 bits per heavy atom. The van der Waals surface area contributed by atoms with E-state index in [1.807, 2.05) is 31.2 Å². The Morgan fingerprint density at radius 2 is 0.833 bits per heavy atom. The smallest absolute Gasteiger partial charge is 0.0384 e. The largest absolute Gasteiger partial charge is 0.399 e. The summed E-state index contributed by atoms with van der Waals surface area (Å²) in [7, 11) is 0. The van der Waals surface area contributed by atoms with Gasteiger partial charge >= 0.3 is 0 Å². The van der Waals surface area contributed by atoms with Crippen LogP contribution in [0, 0.1) is 20.8 Å². The minimum atomic E-state index is 0. The summed E-state index contributed by atoms with van der Waals surface area (Å²) in [6.45, 7) is 6.23. The highest BCUT2D eigenvalue weighted by molar-refractivity contribution is 5.75. The maximum Gasteiger partial charge on any atom is 0.0384 e. The quantitative estimate of drug-likeness (QED) is 0.501. The molecule has 0 unspecified atom stereocenters. The van der Waals surface area contributed by atoms with E-state index in [2.05, 4.69) is 67.7 Å². The van der Waals surface area contributed by atoms with Crippen molar-refractivity contribution in [3.63, 3.8) is 0 Å². The van der Waals surface area contributed by atoms with Gasteiger partial charge in [-0.05, 0) is 57.2 Å². The molecule has 2 nitrogen and oxygen atoms in total. The van der Waals surface area contributed by atoms with Gasteiger partial charge in [0.05, 0.1) is 0 Å². The van der Waals surface area contributed by atoms with Gasteiger partial charge in [-0.3, -0.25) is 0 Å². The molecule has 0 fully saturated rings. The first kappa shape index (κ1) is 19.4. The third-order valence-electron chi connectivity index (χ3n) is 3.47. The van der Waals surface area contributed by atoms with Crippen molar-refractivity contribution < 1.29 is 0 Å². The summed E-state index contributed by atoms with van der Waals surface area (Å²) in [6.07, 6.45) is 0. The Labute approximate surface area is 147 Å². The third kappa shape index (κ3) is 6.61. The second-order valence-corrected chi connectivity index (χ2v) is 5.77. The number of nitrogens with two attached hydrogens (primary N) is 1. The molecule has 3 aromatic carbocycles. The Morgan fingerprint density at radius 1 is 0.542 bits per heavy atom. The van der Waals surface area contributed by atoms with Crippen LogP contribution >= 0.6 is 0 Å². The lowest BCUT2D eigenvalue weighted by atomic mass is 10.2. The van der Waals surface area contributed by atoms with Gasteiger partial charge in [0, 0.05) is 25.5 Å². The molecule has 0 aliphatic heterocycles. The van der Waals surface area contributed by atoms with E-state index in [0.29, 0.717) is 0 Å². The molecule has 0 aromatic heterocycles. The van der Waals surface area contributed by atoms with E-state index >= 15 is 0 Å². The van der Waals surface area contributed by atoms with E-state index in [1.165, 1.54) is 16.7 Å². The lowest BCUT2D eigenvalue weighted by Gasteiger charge is -2.06. The summed E-state index contributed by atoms with van der Waals surface area (Å²) in [4.78, 5) is 0. The number of aryl methyl sites for hydroxylation is 3. The van der Waals surface area contributed by atoms with E-state index in [0.717, 1.165) is 17.1 Å². The van der Waals surface area contributed by atoms with Gasteiger partial charge in [0.25, 0.3) is 0 Å². The van der Waals surface area contributed by atoms with Crippen LogP contribution in [0.15, 0.2) is 72.8 Å². The molecular formula is C21H24BN2. The number of hydrogen-bond donors (Lipinski definition) is 2. The van der Waals surface area contributed by atoms with Crippen LogP contribution in [-0.4, -0.2) is 8.41 Å². The average Bonchev–Trinajstić information content (AvgIpc) is 2.55. The molecule has 0 aliphatic rings. The number of hydrogen-bond acceptors (Lipinski definition) is 2. The lowest BCUT2D eigenvalue weighted by molar-refractivity contribution is 1.43. The molecule has 3 N–H and O–H groups in total. The molecule has 24 heavy (non-hydrogen) atoms. The Hall–Kier alpha value is -2.68. The van der Waals surface area contributed by atoms with Crippen LogP contribution < -0.4 is 11.1 Å². The molecule has 3 rings (SSSR count). The predicted octanol–water partition coefficient (Wildman–Crippen LogP) is 5.24. The van der Waals surface area contributed by atoms with Crippen LogP contribution in [0.25, 0.3) is 0 Å². The van der Waals surface area contributed by atoms with E-state index in [1.54, 1.807) is 0 Å². The van der Waals surface area contributed by atoms with Crippen LogP contribution in [0.1, 0.15) is 16.7 Å². The third-order valence-corrected chi connectivity index (χ3v) is 3.47. The maximum atomic E-state index is 5.43. The Kier molecular flexibility index (Phi) is 7.64. The second kappa shape index (κ2) is 9.46. The second-order valence-electron chi connectivity index (χ2n) is 5.77. The highest BCUT2D eigenvalue weighted by Crippen LogP contribution is 2.17. The first-order valence-corrected chi connectivity index (χ1v) is 7.75. The standard InChI is InChI=1S/C14H15N.C7H9N.B/c1-11-3-7-13(8-4-11)15-14-9-5-12(2)6-10-14;1-6-2-4-7(8)5-3-6;/h3-10,15H,1-2H3;2-5H,8H2,1H3;. The number of anilines is 3. The van der Waals surface area contributed by atoms with Crippen molar-refractivity contribution in [3.05, 3.63) is 89.5 Å². The Balaban J connectivity index is 0.000000273. The van der Waals surface area contributed by atoms with Crippen molar-refractivity contribution in [1.29, 1.82) is 0 Å². The van der Waals surface area contributed by atoms with Crippen LogP contribution in [0.2, 0.25) is 0 Å². The van der Waals surface area contributed by atoms with E-state index in [-0.39, 0.29) is 8.41 Å². The van der Waals surface area contributed by atoms with Gasteiger partial charge in [-0.1, -0.05) is 53.1 Å². The molecule has 0 bridgehead atoms. The summed E-state index contributed by atoms with van der Waals surface area (Å²) < 4.78 is 0. The van der Waals surface area contributed by atoms with Gasteiger partial charge in [-0.2, -0.15) is 0 Å². The van der Waals surface area contributed by atoms with Gasteiger partial charge in [0.2, 0.25) is 0 Å². The normalized spacial score (nSPS) is 9.29. The lowest BCUT2D eigenvalue weighted by Crippen LogP contribution is -1.89. The zero-order chi connectivity index (χ0) is 16.7. The van der Waals surface area contributed by atoms with E-state index in [9.17, 15) is 0 Å². The topological polar surface area (TPSA) is 38.0 Å². The molecule has 0 amide bonds. The summed E-state index contributed by atoms with van der Waals surface area (Å²) >= 11 is 0. The molecule has 3 aromatic rings. The molecule has 0 saturated carbocycles. The molecule has 0 saturated heterocycles. The molecule has 3 radical (unpaired) electrons. The van der Waals surface area contributed by atoms with Gasteiger partial charge in [-0.15, -0.1) is 0 Å². The van der Waals surface area contributed by atoms with Gasteiger partial charge in [-0.25, -0.2) is 0 Å². The fourth-order valence-corrected chi connectivity index (χ4v) is 2.01. The number of benzene rings is 3. The average molecular weight is 315 g/mol. The molecule has 0 atom stereocenters. The molecular weight excluding hydrogens is 291 g/mol. The van der Waals surface area contributed by atoms with Crippen molar-refractivity contribution >= 4 is 25.5 Å². The molecule has 0 spiro atoms. The first-order chi connectivity index (χ1) is 11.0. The van der Waals surface area contributed by atoms with Crippen molar-refractivity contribution in [2.45, 2.75) is 20.8 Å². The minimum Gasteiger partial charge on any atom is -0.399 e. The fourth-order valence-electron chi connectivity index (χ4n) is 2.01. The van der Waals surface area contributed by atoms with Crippen LogP contribution in [0.3, 0.4) is 0 Å². The highest BCUT2D eigenvalue weighted by Gasteiger charge is 1.93. The molecule has 0 aliphatic carbocycles. The van der Waals surface area contributed by atoms with Crippen LogP contribution in [0.5, 0.6) is 0 Å². The number of rotatable bonds is 2. The zero-order valence-corrected chi connectivity index (χ0v) is 14.6. The summed E-state index contributed by atoms with van der Waals surface area (Å²) in [5.74, 6) is 0. The van der Waals surface area contributed by atoms with Crippen molar-refractivity contribution in [1.82, 2.24) is 0 Å². The maximum absolute atomic E-state index is 5.43. The first-order valence-electron chi connectivity index (χ1n) is 7.75. The summed E-state index contributed by atoms with van der Waals surface area (Å²) in [5.41, 5.74) is 12.3. The van der Waals surface area contributed by atoms with Crippen molar-refractivity contribution in [2.75, 3.05) is 11.1 Å². The Bertz CT molecular complexity index is 653. The highest BCUT2D eigenvalue weighted by atomic mass is 14.9. The fraction of sp³-hybridized carbons (Fsp3) is 0.143. The van der Waals surface area contributed by atoms with Crippen molar-refractivity contribution in [2.24, 2.45) is 0 Å². The van der Waals surface area contributed by atoms with Crippen LogP contribution in [0.4, 0.5) is 17.1 Å². The molecule has 3 heteroatoms. The zero-order valence-electron chi connectivity index (χ0n) is 14.6. The van der Waals surface area contributed by atoms with Gasteiger partial charge in [0.1, 0.15) is 0 Å². The minimum absolute atomic E-state index is 0. The van der Waals surface area contributed by atoms with Gasteiger partial charge in [0.15, 0.2) is 0 Å². The predicted molar refractivity (Wildman–Crippen MR) is 107 cm³/mol. The van der Waals surface area contributed by atoms with E-state index < -0.39 is 0 Å². The van der Waals surface area contributed by atoms with Gasteiger partial charge < -0.3 is 11.1 Å². The SMILES string of the molecule is Cc1ccc(N)cc1.Cc1ccc(Nc2ccc(C)cc2)cc1.[B]. The van der Waals surface area contributed by atoms with Crippen molar-refractivity contribution in [3.8, 4) is 0 Å². The number of nitrogen functional groups attached to an aromatic ring is 1. The molecule has 0 heterocycles.